The van der Waals surface area contributed by atoms with Crippen molar-refractivity contribution in [3.63, 3.8) is 0 Å². The van der Waals surface area contributed by atoms with Crippen molar-refractivity contribution in [2.75, 3.05) is 13.1 Å². The minimum atomic E-state index is -0.0358. The number of rotatable bonds is 7. The molecule has 0 spiro atoms. The van der Waals surface area contributed by atoms with E-state index >= 15 is 0 Å². The van der Waals surface area contributed by atoms with Crippen LogP contribution in [0.1, 0.15) is 40.7 Å². The summed E-state index contributed by atoms with van der Waals surface area (Å²) in [7, 11) is 0. The molecular formula is C21H26ClN5OS. The molecule has 2 aromatic heterocycles. The van der Waals surface area contributed by atoms with Crippen molar-refractivity contribution in [1.29, 1.82) is 0 Å². The third-order valence-electron chi connectivity index (χ3n) is 5.02. The highest BCUT2D eigenvalue weighted by molar-refractivity contribution is 7.09. The van der Waals surface area contributed by atoms with Crippen molar-refractivity contribution in [2.45, 2.75) is 38.3 Å². The van der Waals surface area contributed by atoms with Crippen LogP contribution in [0.3, 0.4) is 0 Å². The van der Waals surface area contributed by atoms with Gasteiger partial charge in [-0.15, -0.1) is 23.7 Å². The largest absolute Gasteiger partial charge is 0.349 e. The molecule has 1 amide bonds. The lowest BCUT2D eigenvalue weighted by molar-refractivity contribution is -0.122. The molecule has 2 N–H and O–H groups in total. The first-order chi connectivity index (χ1) is 13.8. The summed E-state index contributed by atoms with van der Waals surface area (Å²) in [6, 6.07) is 12.3. The SMILES string of the molecule is Cl.O=C(Cn1nccc1C1CCCNC1)NCc1csc(Cc2ccccc2)n1. The maximum absolute atomic E-state index is 12.4. The quantitative estimate of drug-likeness (QED) is 0.602. The molecule has 6 nitrogen and oxygen atoms in total. The van der Waals surface area contributed by atoms with Crippen LogP contribution in [0.15, 0.2) is 48.0 Å². The Kier molecular flexibility index (Phi) is 7.80. The first-order valence-corrected chi connectivity index (χ1v) is 10.6. The van der Waals surface area contributed by atoms with E-state index < -0.39 is 0 Å². The Labute approximate surface area is 181 Å². The standard InChI is InChI=1S/C21H25N5OS.ClH/c27-20(14-26-19(8-10-24-26)17-7-4-9-22-12-17)23-13-18-15-28-21(25-18)11-16-5-2-1-3-6-16;/h1-3,5-6,8,10,15,17,22H,4,7,9,11-14H2,(H,23,27);1H. The highest BCUT2D eigenvalue weighted by Gasteiger charge is 2.19. The number of nitrogens with one attached hydrogen (secondary N) is 2. The maximum atomic E-state index is 12.4. The molecule has 1 unspecified atom stereocenters. The summed E-state index contributed by atoms with van der Waals surface area (Å²) in [5, 5.41) is 13.8. The Morgan fingerprint density at radius 3 is 2.93 bits per heavy atom. The van der Waals surface area contributed by atoms with Crippen LogP contribution in [-0.4, -0.2) is 33.8 Å². The fourth-order valence-corrected chi connectivity index (χ4v) is 4.42. The van der Waals surface area contributed by atoms with Crippen LogP contribution in [0.4, 0.5) is 0 Å². The van der Waals surface area contributed by atoms with Crippen molar-refractivity contribution in [3.05, 3.63) is 69.9 Å². The summed E-state index contributed by atoms with van der Waals surface area (Å²) in [6.07, 6.45) is 4.92. The monoisotopic (exact) mass is 431 g/mol. The second kappa shape index (κ2) is 10.5. The average Bonchev–Trinajstić information content (AvgIpc) is 3.37. The molecule has 154 valence electrons. The van der Waals surface area contributed by atoms with E-state index in [0.717, 1.165) is 48.7 Å². The van der Waals surface area contributed by atoms with Gasteiger partial charge in [0.2, 0.25) is 5.91 Å². The van der Waals surface area contributed by atoms with Crippen LogP contribution in [0, 0.1) is 0 Å². The molecule has 1 saturated heterocycles. The Bertz CT molecular complexity index is 905. The summed E-state index contributed by atoms with van der Waals surface area (Å²) < 4.78 is 1.83. The number of halogens is 1. The zero-order chi connectivity index (χ0) is 19.2. The number of aromatic nitrogens is 3. The first kappa shape index (κ1) is 21.5. The Morgan fingerprint density at radius 1 is 1.28 bits per heavy atom. The van der Waals surface area contributed by atoms with E-state index in [4.69, 9.17) is 0 Å². The van der Waals surface area contributed by atoms with Gasteiger partial charge in [-0.05, 0) is 31.0 Å². The van der Waals surface area contributed by atoms with E-state index in [1.54, 1.807) is 17.5 Å². The fraction of sp³-hybridized carbons (Fsp3) is 0.381. The molecule has 1 aliphatic heterocycles. The summed E-state index contributed by atoms with van der Waals surface area (Å²) in [5.74, 6) is 0.398. The minimum absolute atomic E-state index is 0. The van der Waals surface area contributed by atoms with Gasteiger partial charge in [0, 0.05) is 36.2 Å². The molecule has 29 heavy (non-hydrogen) atoms. The minimum Gasteiger partial charge on any atom is -0.349 e. The smallest absolute Gasteiger partial charge is 0.242 e. The van der Waals surface area contributed by atoms with Crippen LogP contribution in [0.25, 0.3) is 0 Å². The summed E-state index contributed by atoms with van der Waals surface area (Å²) in [6.45, 7) is 2.73. The molecule has 0 aliphatic carbocycles. The number of carbonyl (C=O) groups excluding carboxylic acids is 1. The number of amides is 1. The molecule has 0 radical (unpaired) electrons. The number of hydrogen-bond donors (Lipinski definition) is 2. The van der Waals surface area contributed by atoms with E-state index in [1.165, 1.54) is 5.56 Å². The van der Waals surface area contributed by atoms with Gasteiger partial charge in [0.15, 0.2) is 0 Å². The van der Waals surface area contributed by atoms with Crippen molar-refractivity contribution in [1.82, 2.24) is 25.4 Å². The lowest BCUT2D eigenvalue weighted by Gasteiger charge is -2.23. The van der Waals surface area contributed by atoms with Gasteiger partial charge in [-0.1, -0.05) is 30.3 Å². The van der Waals surface area contributed by atoms with E-state index in [1.807, 2.05) is 34.3 Å². The summed E-state index contributed by atoms with van der Waals surface area (Å²) in [5.41, 5.74) is 3.29. The maximum Gasteiger partial charge on any atom is 0.242 e. The van der Waals surface area contributed by atoms with Gasteiger partial charge >= 0.3 is 0 Å². The fourth-order valence-electron chi connectivity index (χ4n) is 3.59. The predicted octanol–water partition coefficient (Wildman–Crippen LogP) is 3.14. The molecule has 8 heteroatoms. The van der Waals surface area contributed by atoms with Gasteiger partial charge in [-0.2, -0.15) is 5.10 Å². The second-order valence-electron chi connectivity index (χ2n) is 7.13. The molecule has 1 fully saturated rings. The van der Waals surface area contributed by atoms with E-state index in [9.17, 15) is 4.79 Å². The molecular weight excluding hydrogens is 406 g/mol. The zero-order valence-electron chi connectivity index (χ0n) is 16.2. The van der Waals surface area contributed by atoms with E-state index in [2.05, 4.69) is 32.8 Å². The topological polar surface area (TPSA) is 71.8 Å². The number of hydrogen-bond acceptors (Lipinski definition) is 5. The summed E-state index contributed by atoms with van der Waals surface area (Å²) >= 11 is 1.64. The molecule has 1 atom stereocenters. The molecule has 3 heterocycles. The zero-order valence-corrected chi connectivity index (χ0v) is 17.8. The normalized spacial score (nSPS) is 16.2. The van der Waals surface area contributed by atoms with Crippen LogP contribution in [0.5, 0.6) is 0 Å². The Hall–Kier alpha value is -2.22. The number of benzene rings is 1. The molecule has 0 bridgehead atoms. The first-order valence-electron chi connectivity index (χ1n) is 9.74. The van der Waals surface area contributed by atoms with Gasteiger partial charge in [-0.3, -0.25) is 9.48 Å². The second-order valence-corrected chi connectivity index (χ2v) is 8.07. The predicted molar refractivity (Wildman–Crippen MR) is 118 cm³/mol. The molecule has 0 saturated carbocycles. The highest BCUT2D eigenvalue weighted by atomic mass is 35.5. The van der Waals surface area contributed by atoms with Crippen LogP contribution in [0.2, 0.25) is 0 Å². The number of nitrogens with zero attached hydrogens (tertiary/aromatic N) is 3. The lowest BCUT2D eigenvalue weighted by atomic mass is 9.96. The van der Waals surface area contributed by atoms with Crippen molar-refractivity contribution in [2.24, 2.45) is 0 Å². The van der Waals surface area contributed by atoms with Gasteiger partial charge in [0.25, 0.3) is 0 Å². The molecule has 4 rings (SSSR count). The number of piperidine rings is 1. The van der Waals surface area contributed by atoms with Gasteiger partial charge in [0.1, 0.15) is 6.54 Å². The third-order valence-corrected chi connectivity index (χ3v) is 5.92. The number of thiazole rings is 1. The van der Waals surface area contributed by atoms with Gasteiger partial charge < -0.3 is 10.6 Å². The van der Waals surface area contributed by atoms with Crippen LogP contribution < -0.4 is 10.6 Å². The molecule has 1 aromatic carbocycles. The molecule has 3 aromatic rings. The van der Waals surface area contributed by atoms with E-state index in [-0.39, 0.29) is 24.9 Å². The van der Waals surface area contributed by atoms with Crippen molar-refractivity contribution >= 4 is 29.7 Å². The Balaban J connectivity index is 0.00000240. The average molecular weight is 432 g/mol. The van der Waals surface area contributed by atoms with Gasteiger partial charge in [0.05, 0.1) is 17.2 Å². The van der Waals surface area contributed by atoms with E-state index in [0.29, 0.717) is 12.5 Å². The van der Waals surface area contributed by atoms with Crippen molar-refractivity contribution in [3.8, 4) is 0 Å². The van der Waals surface area contributed by atoms with Crippen LogP contribution >= 0.6 is 23.7 Å². The Morgan fingerprint density at radius 2 is 2.14 bits per heavy atom. The highest BCUT2D eigenvalue weighted by Crippen LogP contribution is 2.22. The van der Waals surface area contributed by atoms with Crippen LogP contribution in [-0.2, 0) is 24.3 Å². The number of carbonyl (C=O) groups is 1. The third kappa shape index (κ3) is 5.88. The summed E-state index contributed by atoms with van der Waals surface area (Å²) in [4.78, 5) is 17.0. The lowest BCUT2D eigenvalue weighted by Crippen LogP contribution is -2.32. The van der Waals surface area contributed by atoms with Crippen molar-refractivity contribution < 1.29 is 4.79 Å². The molecule has 1 aliphatic rings. The van der Waals surface area contributed by atoms with Gasteiger partial charge in [-0.25, -0.2) is 4.98 Å².